The quantitative estimate of drug-likeness (QED) is 0.837. The first-order chi connectivity index (χ1) is 13.5. The summed E-state index contributed by atoms with van der Waals surface area (Å²) in [7, 11) is 0. The lowest BCUT2D eigenvalue weighted by molar-refractivity contribution is 0.0217. The predicted molar refractivity (Wildman–Crippen MR) is 106 cm³/mol. The third kappa shape index (κ3) is 3.73. The van der Waals surface area contributed by atoms with Crippen molar-refractivity contribution in [2.24, 2.45) is 11.7 Å². The Bertz CT molecular complexity index is 854. The van der Waals surface area contributed by atoms with Crippen LogP contribution in [0.5, 0.6) is 11.5 Å². The minimum absolute atomic E-state index is 0.0389. The van der Waals surface area contributed by atoms with E-state index in [1.165, 1.54) is 0 Å². The van der Waals surface area contributed by atoms with Crippen LogP contribution in [0, 0.1) is 5.92 Å². The van der Waals surface area contributed by atoms with Crippen LogP contribution < -0.4 is 15.8 Å². The van der Waals surface area contributed by atoms with Crippen molar-refractivity contribution < 1.29 is 14.3 Å². The van der Waals surface area contributed by atoms with Gasteiger partial charge in [0, 0.05) is 23.2 Å². The normalized spacial score (nSPS) is 25.9. The summed E-state index contributed by atoms with van der Waals surface area (Å²) in [6, 6.07) is 14.3. The van der Waals surface area contributed by atoms with Crippen molar-refractivity contribution >= 4 is 11.8 Å². The second kappa shape index (κ2) is 7.64. The number of nitrogens with zero attached hydrogens (tertiary/aromatic N) is 1. The number of primary amides is 1. The Kier molecular flexibility index (Phi) is 5.05. The molecule has 3 N–H and O–H groups in total. The van der Waals surface area contributed by atoms with E-state index in [1.807, 2.05) is 0 Å². The number of piperidine rings is 3. The number of rotatable bonds is 5. The second-order valence-corrected chi connectivity index (χ2v) is 7.63. The molecule has 6 nitrogen and oxygen atoms in total. The van der Waals surface area contributed by atoms with Crippen molar-refractivity contribution in [3.05, 3.63) is 59.7 Å². The molecule has 3 heterocycles. The summed E-state index contributed by atoms with van der Waals surface area (Å²) < 4.78 is 5.76. The fraction of sp³-hybridized carbons (Fsp3) is 0.364. The molecule has 2 aromatic carbocycles. The van der Waals surface area contributed by atoms with Crippen molar-refractivity contribution in [3.8, 4) is 11.5 Å². The van der Waals surface area contributed by atoms with Gasteiger partial charge < -0.3 is 15.8 Å². The monoisotopic (exact) mass is 379 g/mol. The molecule has 2 bridgehead atoms. The summed E-state index contributed by atoms with van der Waals surface area (Å²) in [5.74, 6) is 1.29. The third-order valence-electron chi connectivity index (χ3n) is 5.97. The maximum absolute atomic E-state index is 12.7. The highest BCUT2D eigenvalue weighted by Gasteiger charge is 2.40. The number of nitrogens with two attached hydrogens (primary N) is 1. The van der Waals surface area contributed by atoms with Gasteiger partial charge in [0.15, 0.2) is 0 Å². The van der Waals surface area contributed by atoms with E-state index in [9.17, 15) is 9.59 Å². The maximum Gasteiger partial charge on any atom is 0.251 e. The highest BCUT2D eigenvalue weighted by atomic mass is 16.5. The van der Waals surface area contributed by atoms with Crippen LogP contribution in [-0.2, 0) is 0 Å². The van der Waals surface area contributed by atoms with Gasteiger partial charge >= 0.3 is 0 Å². The molecule has 3 aliphatic rings. The molecule has 2 unspecified atom stereocenters. The number of nitrogens with one attached hydrogen (secondary N) is 1. The number of amides is 2. The summed E-state index contributed by atoms with van der Waals surface area (Å²) in [5, 5.41) is 3.24. The van der Waals surface area contributed by atoms with Crippen molar-refractivity contribution in [2.75, 3.05) is 13.1 Å². The molecule has 2 amide bonds. The fourth-order valence-electron chi connectivity index (χ4n) is 4.28. The zero-order chi connectivity index (χ0) is 19.7. The lowest BCUT2D eigenvalue weighted by Gasteiger charge is -2.49. The Hall–Kier alpha value is -2.86. The molecule has 3 aliphatic heterocycles. The van der Waals surface area contributed by atoms with Gasteiger partial charge in [0.25, 0.3) is 5.91 Å². The first-order valence-corrected chi connectivity index (χ1v) is 9.74. The molecule has 2 aromatic rings. The van der Waals surface area contributed by atoms with E-state index in [-0.39, 0.29) is 11.9 Å². The number of carbonyl (C=O) groups excluding carboxylic acids is 2. The van der Waals surface area contributed by atoms with Gasteiger partial charge in [-0.3, -0.25) is 14.5 Å². The zero-order valence-electron chi connectivity index (χ0n) is 15.9. The van der Waals surface area contributed by atoms with E-state index < -0.39 is 5.91 Å². The SMILES string of the molecule is CC1C(NC(=O)c2ccc(Oc3ccc(C(N)=O)cc3)cc2)C2CCN1CC2. The van der Waals surface area contributed by atoms with Crippen molar-refractivity contribution in [1.82, 2.24) is 10.2 Å². The van der Waals surface area contributed by atoms with Crippen LogP contribution in [-0.4, -0.2) is 41.9 Å². The summed E-state index contributed by atoms with van der Waals surface area (Å²) in [4.78, 5) is 26.3. The maximum atomic E-state index is 12.7. The molecule has 0 radical (unpaired) electrons. The molecule has 3 saturated heterocycles. The summed E-state index contributed by atoms with van der Waals surface area (Å²) >= 11 is 0. The standard InChI is InChI=1S/C22H25N3O3/c1-14-20(15-10-12-25(14)13-11-15)24-22(27)17-4-8-19(9-5-17)28-18-6-2-16(3-7-18)21(23)26/h2-9,14-15,20H,10-13H2,1H3,(H2,23,26)(H,24,27). The molecule has 0 aliphatic carbocycles. The molecule has 2 atom stereocenters. The zero-order valence-corrected chi connectivity index (χ0v) is 15.9. The highest BCUT2D eigenvalue weighted by molar-refractivity contribution is 5.94. The Morgan fingerprint density at radius 2 is 1.50 bits per heavy atom. The molecule has 0 aromatic heterocycles. The Balaban J connectivity index is 1.38. The van der Waals surface area contributed by atoms with Gasteiger partial charge in [0.2, 0.25) is 5.91 Å². The number of ether oxygens (including phenoxy) is 1. The van der Waals surface area contributed by atoms with E-state index in [0.29, 0.717) is 34.6 Å². The van der Waals surface area contributed by atoms with Gasteiger partial charge in [0.05, 0.1) is 0 Å². The summed E-state index contributed by atoms with van der Waals surface area (Å²) in [6.07, 6.45) is 2.33. The highest BCUT2D eigenvalue weighted by Crippen LogP contribution is 2.32. The van der Waals surface area contributed by atoms with Crippen LogP contribution in [0.3, 0.4) is 0 Å². The van der Waals surface area contributed by atoms with Gasteiger partial charge in [-0.2, -0.15) is 0 Å². The fourth-order valence-corrected chi connectivity index (χ4v) is 4.28. The van der Waals surface area contributed by atoms with Crippen LogP contribution in [0.2, 0.25) is 0 Å². The second-order valence-electron chi connectivity index (χ2n) is 7.63. The smallest absolute Gasteiger partial charge is 0.251 e. The van der Waals surface area contributed by atoms with Gasteiger partial charge in [-0.1, -0.05) is 0 Å². The molecule has 3 fully saturated rings. The molecule has 28 heavy (non-hydrogen) atoms. The third-order valence-corrected chi connectivity index (χ3v) is 5.97. The van der Waals surface area contributed by atoms with Gasteiger partial charge in [-0.05, 0) is 87.3 Å². The van der Waals surface area contributed by atoms with Gasteiger partial charge in [-0.15, -0.1) is 0 Å². The number of carbonyl (C=O) groups is 2. The number of hydrogen-bond donors (Lipinski definition) is 2. The van der Waals surface area contributed by atoms with Crippen LogP contribution in [0.1, 0.15) is 40.5 Å². The largest absolute Gasteiger partial charge is 0.457 e. The number of hydrogen-bond acceptors (Lipinski definition) is 4. The average molecular weight is 379 g/mol. The van der Waals surface area contributed by atoms with Crippen molar-refractivity contribution in [1.29, 1.82) is 0 Å². The number of fused-ring (bicyclic) bond motifs is 3. The van der Waals surface area contributed by atoms with E-state index in [1.54, 1.807) is 48.5 Å². The minimum atomic E-state index is -0.473. The van der Waals surface area contributed by atoms with Gasteiger partial charge in [-0.25, -0.2) is 0 Å². The molecule has 0 spiro atoms. The van der Waals surface area contributed by atoms with Crippen LogP contribution in [0.15, 0.2) is 48.5 Å². The molecular formula is C22H25N3O3. The van der Waals surface area contributed by atoms with Gasteiger partial charge in [0.1, 0.15) is 11.5 Å². The Morgan fingerprint density at radius 3 is 2.00 bits per heavy atom. The van der Waals surface area contributed by atoms with Crippen LogP contribution >= 0.6 is 0 Å². The molecule has 0 saturated carbocycles. The molecule has 5 rings (SSSR count). The van der Waals surface area contributed by atoms with Crippen LogP contribution in [0.25, 0.3) is 0 Å². The van der Waals surface area contributed by atoms with E-state index in [4.69, 9.17) is 10.5 Å². The Labute approximate surface area is 164 Å². The van der Waals surface area contributed by atoms with E-state index in [0.717, 1.165) is 25.9 Å². The van der Waals surface area contributed by atoms with E-state index in [2.05, 4.69) is 17.1 Å². The summed E-state index contributed by atoms with van der Waals surface area (Å²) in [6.45, 7) is 4.49. The average Bonchev–Trinajstić information content (AvgIpc) is 2.72. The first-order valence-electron chi connectivity index (χ1n) is 9.74. The predicted octanol–water partition coefficient (Wildman–Crippen LogP) is 2.79. The lowest BCUT2D eigenvalue weighted by atomic mass is 9.79. The first kappa shape index (κ1) is 18.5. The topological polar surface area (TPSA) is 84.7 Å². The van der Waals surface area contributed by atoms with Crippen LogP contribution in [0.4, 0.5) is 0 Å². The Morgan fingerprint density at radius 1 is 0.964 bits per heavy atom. The minimum Gasteiger partial charge on any atom is -0.457 e. The van der Waals surface area contributed by atoms with E-state index >= 15 is 0 Å². The molecule has 6 heteroatoms. The molecular weight excluding hydrogens is 354 g/mol. The summed E-state index contributed by atoms with van der Waals surface area (Å²) in [5.41, 5.74) is 6.29. The lowest BCUT2D eigenvalue weighted by Crippen LogP contribution is -2.62. The molecule has 146 valence electrons. The number of benzene rings is 2. The van der Waals surface area contributed by atoms with Crippen molar-refractivity contribution in [2.45, 2.75) is 31.8 Å². The van der Waals surface area contributed by atoms with Crippen molar-refractivity contribution in [3.63, 3.8) is 0 Å².